The summed E-state index contributed by atoms with van der Waals surface area (Å²) in [7, 11) is 1.43. The van der Waals surface area contributed by atoms with E-state index in [1.807, 2.05) is 19.9 Å². The van der Waals surface area contributed by atoms with E-state index in [1.54, 1.807) is 6.92 Å². The maximum atomic E-state index is 12.0. The second-order valence-electron chi connectivity index (χ2n) is 5.76. The van der Waals surface area contributed by atoms with Gasteiger partial charge in [-0.2, -0.15) is 0 Å². The first kappa shape index (κ1) is 17.2. The fourth-order valence-electron chi connectivity index (χ4n) is 3.00. The number of ether oxygens (including phenoxy) is 2. The zero-order valence-electron chi connectivity index (χ0n) is 14.2. The SMILES string of the molecule is CCOC(=O)c1c(C)cc(N2CCC(C(=O)OC)CC2)nc1C. The van der Waals surface area contributed by atoms with Crippen LogP contribution in [0.4, 0.5) is 5.82 Å². The molecule has 1 aromatic heterocycles. The highest BCUT2D eigenvalue weighted by Crippen LogP contribution is 2.25. The molecule has 0 radical (unpaired) electrons. The zero-order chi connectivity index (χ0) is 17.0. The van der Waals surface area contributed by atoms with Crippen molar-refractivity contribution in [3.8, 4) is 0 Å². The molecule has 0 aromatic carbocycles. The van der Waals surface area contributed by atoms with Crippen LogP contribution in [0.2, 0.25) is 0 Å². The smallest absolute Gasteiger partial charge is 0.340 e. The number of carbonyl (C=O) groups is 2. The van der Waals surface area contributed by atoms with E-state index in [1.165, 1.54) is 7.11 Å². The number of hydrogen-bond donors (Lipinski definition) is 0. The number of piperidine rings is 1. The minimum Gasteiger partial charge on any atom is -0.469 e. The largest absolute Gasteiger partial charge is 0.469 e. The van der Waals surface area contributed by atoms with E-state index in [2.05, 4.69) is 9.88 Å². The number of nitrogens with zero attached hydrogens (tertiary/aromatic N) is 2. The van der Waals surface area contributed by atoms with Gasteiger partial charge in [-0.1, -0.05) is 0 Å². The maximum Gasteiger partial charge on any atom is 0.340 e. The van der Waals surface area contributed by atoms with Crippen molar-refractivity contribution in [3.63, 3.8) is 0 Å². The van der Waals surface area contributed by atoms with Gasteiger partial charge in [0, 0.05) is 13.1 Å². The number of anilines is 1. The van der Waals surface area contributed by atoms with Crippen molar-refractivity contribution in [3.05, 3.63) is 22.9 Å². The monoisotopic (exact) mass is 320 g/mol. The van der Waals surface area contributed by atoms with Crippen LogP contribution in [0.15, 0.2) is 6.07 Å². The molecule has 6 nitrogen and oxygen atoms in total. The van der Waals surface area contributed by atoms with Crippen LogP contribution in [0.3, 0.4) is 0 Å². The van der Waals surface area contributed by atoms with E-state index in [4.69, 9.17) is 9.47 Å². The molecule has 0 aliphatic carbocycles. The van der Waals surface area contributed by atoms with Gasteiger partial charge >= 0.3 is 11.9 Å². The molecule has 2 heterocycles. The fraction of sp³-hybridized carbons (Fsp3) is 0.588. The van der Waals surface area contributed by atoms with Crippen molar-refractivity contribution >= 4 is 17.8 Å². The number of hydrogen-bond acceptors (Lipinski definition) is 6. The van der Waals surface area contributed by atoms with Gasteiger partial charge in [0.2, 0.25) is 0 Å². The topological polar surface area (TPSA) is 68.7 Å². The Labute approximate surface area is 136 Å². The molecule has 0 bridgehead atoms. The Kier molecular flexibility index (Phi) is 5.58. The summed E-state index contributed by atoms with van der Waals surface area (Å²) in [6.45, 7) is 7.36. The lowest BCUT2D eigenvalue weighted by atomic mass is 9.97. The summed E-state index contributed by atoms with van der Waals surface area (Å²) in [5.41, 5.74) is 2.08. The van der Waals surface area contributed by atoms with Crippen molar-refractivity contribution in [2.45, 2.75) is 33.6 Å². The van der Waals surface area contributed by atoms with Crippen LogP contribution in [0.1, 0.15) is 41.4 Å². The molecule has 1 saturated heterocycles. The van der Waals surface area contributed by atoms with Crippen LogP contribution in [0, 0.1) is 19.8 Å². The number of methoxy groups -OCH3 is 1. The van der Waals surface area contributed by atoms with Crippen LogP contribution in [0.25, 0.3) is 0 Å². The van der Waals surface area contributed by atoms with Crippen molar-refractivity contribution in [2.24, 2.45) is 5.92 Å². The second kappa shape index (κ2) is 7.44. The van der Waals surface area contributed by atoms with Gasteiger partial charge in [0.25, 0.3) is 0 Å². The molecule has 0 amide bonds. The first-order valence-corrected chi connectivity index (χ1v) is 7.96. The third-order valence-electron chi connectivity index (χ3n) is 4.22. The van der Waals surface area contributed by atoms with Gasteiger partial charge in [-0.3, -0.25) is 4.79 Å². The predicted octanol–water partition coefficient (Wildman–Crippen LogP) is 2.26. The van der Waals surface area contributed by atoms with Gasteiger partial charge in [0.1, 0.15) is 5.82 Å². The van der Waals surface area contributed by atoms with Crippen LogP contribution >= 0.6 is 0 Å². The number of rotatable bonds is 4. The average Bonchev–Trinajstić information content (AvgIpc) is 2.53. The Morgan fingerprint density at radius 3 is 2.48 bits per heavy atom. The third-order valence-corrected chi connectivity index (χ3v) is 4.22. The molecular weight excluding hydrogens is 296 g/mol. The molecule has 0 unspecified atom stereocenters. The van der Waals surface area contributed by atoms with Crippen molar-refractivity contribution in [1.29, 1.82) is 0 Å². The molecule has 0 atom stereocenters. The van der Waals surface area contributed by atoms with Crippen LogP contribution < -0.4 is 4.90 Å². The lowest BCUT2D eigenvalue weighted by Crippen LogP contribution is -2.37. The van der Waals surface area contributed by atoms with Crippen molar-refractivity contribution in [1.82, 2.24) is 4.98 Å². The Balaban J connectivity index is 2.13. The maximum absolute atomic E-state index is 12.0. The molecule has 1 aromatic rings. The molecule has 126 valence electrons. The fourth-order valence-corrected chi connectivity index (χ4v) is 3.00. The normalized spacial score (nSPS) is 15.4. The summed E-state index contributed by atoms with van der Waals surface area (Å²) < 4.78 is 9.89. The van der Waals surface area contributed by atoms with E-state index < -0.39 is 0 Å². The average molecular weight is 320 g/mol. The highest BCUT2D eigenvalue weighted by atomic mass is 16.5. The Morgan fingerprint density at radius 2 is 1.96 bits per heavy atom. The highest BCUT2D eigenvalue weighted by Gasteiger charge is 2.27. The Morgan fingerprint density at radius 1 is 1.30 bits per heavy atom. The van der Waals surface area contributed by atoms with Crippen LogP contribution in [0.5, 0.6) is 0 Å². The molecule has 6 heteroatoms. The summed E-state index contributed by atoms with van der Waals surface area (Å²) in [4.78, 5) is 30.3. The first-order chi connectivity index (χ1) is 11.0. The molecule has 23 heavy (non-hydrogen) atoms. The number of esters is 2. The molecule has 2 rings (SSSR count). The summed E-state index contributed by atoms with van der Waals surface area (Å²) in [6.07, 6.45) is 1.51. The highest BCUT2D eigenvalue weighted by molar-refractivity contribution is 5.92. The van der Waals surface area contributed by atoms with E-state index in [9.17, 15) is 9.59 Å². The standard InChI is InChI=1S/C17H24N2O4/c1-5-23-17(21)15-11(2)10-14(18-12(15)3)19-8-6-13(7-9-19)16(20)22-4/h10,13H,5-9H2,1-4H3. The van der Waals surface area contributed by atoms with Gasteiger partial charge < -0.3 is 14.4 Å². The lowest BCUT2D eigenvalue weighted by Gasteiger charge is -2.32. The first-order valence-electron chi connectivity index (χ1n) is 7.96. The molecule has 1 aliphatic rings. The Hall–Kier alpha value is -2.11. The van der Waals surface area contributed by atoms with Crippen molar-refractivity contribution in [2.75, 3.05) is 31.7 Å². The molecule has 0 spiro atoms. The minimum absolute atomic E-state index is 0.0303. The minimum atomic E-state index is -0.328. The number of aromatic nitrogens is 1. The van der Waals surface area contributed by atoms with Gasteiger partial charge in [-0.15, -0.1) is 0 Å². The predicted molar refractivity (Wildman–Crippen MR) is 86.6 cm³/mol. The zero-order valence-corrected chi connectivity index (χ0v) is 14.2. The van der Waals surface area contributed by atoms with E-state index in [0.29, 0.717) is 17.9 Å². The van der Waals surface area contributed by atoms with E-state index in [0.717, 1.165) is 37.3 Å². The summed E-state index contributed by atoms with van der Waals surface area (Å²) in [6, 6.07) is 1.91. The van der Waals surface area contributed by atoms with E-state index >= 15 is 0 Å². The summed E-state index contributed by atoms with van der Waals surface area (Å²) >= 11 is 0. The van der Waals surface area contributed by atoms with E-state index in [-0.39, 0.29) is 17.9 Å². The molecule has 0 N–H and O–H groups in total. The van der Waals surface area contributed by atoms with Gasteiger partial charge in [-0.25, -0.2) is 9.78 Å². The molecule has 1 fully saturated rings. The van der Waals surface area contributed by atoms with Gasteiger partial charge in [0.15, 0.2) is 0 Å². The molecule has 1 aliphatic heterocycles. The summed E-state index contributed by atoms with van der Waals surface area (Å²) in [5, 5.41) is 0. The third kappa shape index (κ3) is 3.81. The molecular formula is C17H24N2O4. The second-order valence-corrected chi connectivity index (χ2v) is 5.76. The summed E-state index contributed by atoms with van der Waals surface area (Å²) in [5.74, 6) is 0.349. The van der Waals surface area contributed by atoms with Gasteiger partial charge in [-0.05, 0) is 45.2 Å². The Bertz CT molecular complexity index is 569. The quantitative estimate of drug-likeness (QED) is 0.793. The number of carbonyl (C=O) groups excluding carboxylic acids is 2. The van der Waals surface area contributed by atoms with Crippen molar-refractivity contribution < 1.29 is 19.1 Å². The lowest BCUT2D eigenvalue weighted by molar-refractivity contribution is -0.146. The molecule has 0 saturated carbocycles. The van der Waals surface area contributed by atoms with Crippen LogP contribution in [-0.2, 0) is 14.3 Å². The number of aryl methyl sites for hydroxylation is 2. The van der Waals surface area contributed by atoms with Crippen LogP contribution in [-0.4, -0.2) is 43.7 Å². The van der Waals surface area contributed by atoms with Gasteiger partial charge in [0.05, 0.1) is 30.9 Å². The number of pyridine rings is 1.